The molecule has 7 nitrogen and oxygen atoms in total. The van der Waals surface area contributed by atoms with Crippen LogP contribution in [0.3, 0.4) is 0 Å². The topological polar surface area (TPSA) is 64.1 Å². The number of hydrogen-bond acceptors (Lipinski definition) is 6. The lowest BCUT2D eigenvalue weighted by molar-refractivity contribution is -0.0869. The Balaban J connectivity index is 1.37. The molecule has 0 spiro atoms. The summed E-state index contributed by atoms with van der Waals surface area (Å²) in [6, 6.07) is 4.92. The normalized spacial score (nSPS) is 28.8. The first-order chi connectivity index (χ1) is 13.7. The molecule has 7 heteroatoms. The van der Waals surface area contributed by atoms with E-state index in [1.165, 1.54) is 5.56 Å². The maximum atomic E-state index is 12.4. The number of methoxy groups -OCH3 is 1. The van der Waals surface area contributed by atoms with E-state index in [4.69, 9.17) is 14.2 Å². The van der Waals surface area contributed by atoms with Gasteiger partial charge in [-0.3, -0.25) is 4.90 Å². The quantitative estimate of drug-likeness (QED) is 0.789. The lowest BCUT2D eigenvalue weighted by Gasteiger charge is -2.51. The van der Waals surface area contributed by atoms with E-state index in [2.05, 4.69) is 16.0 Å². The molecule has 0 N–H and O–H groups in total. The van der Waals surface area contributed by atoms with Crippen molar-refractivity contribution < 1.29 is 19.0 Å². The van der Waals surface area contributed by atoms with Gasteiger partial charge >= 0.3 is 6.09 Å². The Morgan fingerprint density at radius 1 is 1.21 bits per heavy atom. The highest BCUT2D eigenvalue weighted by Gasteiger charge is 2.44. The third kappa shape index (κ3) is 3.82. The summed E-state index contributed by atoms with van der Waals surface area (Å²) in [4.78, 5) is 21.3. The van der Waals surface area contributed by atoms with Gasteiger partial charge in [0, 0.05) is 17.8 Å². The molecule has 0 aliphatic carbocycles. The summed E-state index contributed by atoms with van der Waals surface area (Å²) < 4.78 is 16.5. The number of ether oxygens (including phenoxy) is 3. The number of fused-ring (bicyclic) bond motifs is 2. The van der Waals surface area contributed by atoms with Crippen LogP contribution in [0, 0.1) is 0 Å². The highest BCUT2D eigenvalue weighted by Crippen LogP contribution is 2.37. The van der Waals surface area contributed by atoms with Crippen LogP contribution in [0.15, 0.2) is 18.3 Å². The van der Waals surface area contributed by atoms with Crippen LogP contribution >= 0.6 is 0 Å². The molecule has 0 aromatic carbocycles. The standard InChI is InChI=1S/C21H31N3O4/c1-3-28-21(25)24-17-11-16(12-18(24)14-27-13-17)23-9-6-15(7-10-23)19-5-4-8-22-20(19)26-2/h4-5,8,15-18H,3,6-7,9-14H2,1-2H3. The van der Waals surface area contributed by atoms with Crippen LogP contribution in [0.2, 0.25) is 0 Å². The number of carbonyl (C=O) groups is 1. The molecular formula is C21H31N3O4. The maximum absolute atomic E-state index is 12.4. The molecule has 3 saturated heterocycles. The van der Waals surface area contributed by atoms with Gasteiger partial charge < -0.3 is 19.1 Å². The van der Waals surface area contributed by atoms with Crippen LogP contribution in [0.5, 0.6) is 5.88 Å². The van der Waals surface area contributed by atoms with E-state index >= 15 is 0 Å². The summed E-state index contributed by atoms with van der Waals surface area (Å²) in [7, 11) is 1.69. The van der Waals surface area contributed by atoms with E-state index in [1.807, 2.05) is 17.9 Å². The molecule has 3 fully saturated rings. The Morgan fingerprint density at radius 3 is 2.57 bits per heavy atom. The number of nitrogens with zero attached hydrogens (tertiary/aromatic N) is 3. The molecule has 28 heavy (non-hydrogen) atoms. The average Bonchev–Trinajstić information content (AvgIpc) is 2.73. The summed E-state index contributed by atoms with van der Waals surface area (Å²) in [5.41, 5.74) is 1.23. The van der Waals surface area contributed by atoms with E-state index in [-0.39, 0.29) is 18.2 Å². The molecular weight excluding hydrogens is 358 g/mol. The van der Waals surface area contributed by atoms with Gasteiger partial charge in [0.25, 0.3) is 0 Å². The lowest BCUT2D eigenvalue weighted by atomic mass is 9.85. The second-order valence-corrected chi connectivity index (χ2v) is 7.99. The van der Waals surface area contributed by atoms with Crippen molar-refractivity contribution >= 4 is 6.09 Å². The second-order valence-electron chi connectivity index (χ2n) is 7.99. The molecule has 2 bridgehead atoms. The molecule has 4 rings (SSSR count). The largest absolute Gasteiger partial charge is 0.481 e. The van der Waals surface area contributed by atoms with E-state index < -0.39 is 0 Å². The van der Waals surface area contributed by atoms with Crippen molar-refractivity contribution in [3.05, 3.63) is 23.9 Å². The van der Waals surface area contributed by atoms with Crippen molar-refractivity contribution in [3.63, 3.8) is 0 Å². The lowest BCUT2D eigenvalue weighted by Crippen LogP contribution is -2.62. The van der Waals surface area contributed by atoms with E-state index in [9.17, 15) is 4.79 Å². The zero-order valence-corrected chi connectivity index (χ0v) is 16.9. The van der Waals surface area contributed by atoms with Crippen LogP contribution in [0.4, 0.5) is 4.79 Å². The fraction of sp³-hybridized carbons (Fsp3) is 0.714. The molecule has 4 heterocycles. The first kappa shape index (κ1) is 19.5. The molecule has 2 atom stereocenters. The number of pyridine rings is 1. The SMILES string of the molecule is CCOC(=O)N1C2COCC1CC(N1CCC(c3cccnc3OC)CC1)C2. The third-order valence-electron chi connectivity index (χ3n) is 6.45. The Labute approximate surface area is 166 Å². The van der Waals surface area contributed by atoms with Crippen LogP contribution in [-0.4, -0.2) is 79.0 Å². The minimum absolute atomic E-state index is 0.132. The minimum atomic E-state index is -0.179. The molecule has 3 aliphatic rings. The number of aromatic nitrogens is 1. The van der Waals surface area contributed by atoms with Crippen molar-refractivity contribution in [2.45, 2.75) is 56.7 Å². The van der Waals surface area contributed by atoms with Crippen molar-refractivity contribution in [2.75, 3.05) is 40.0 Å². The van der Waals surface area contributed by atoms with E-state index in [1.54, 1.807) is 13.3 Å². The molecule has 2 unspecified atom stereocenters. The summed E-state index contributed by atoms with van der Waals surface area (Å²) >= 11 is 0. The molecule has 1 aromatic heterocycles. The third-order valence-corrected chi connectivity index (χ3v) is 6.45. The smallest absolute Gasteiger partial charge is 0.410 e. The predicted molar refractivity (Wildman–Crippen MR) is 105 cm³/mol. The van der Waals surface area contributed by atoms with E-state index in [0.29, 0.717) is 31.8 Å². The van der Waals surface area contributed by atoms with Crippen molar-refractivity contribution in [2.24, 2.45) is 0 Å². The molecule has 0 saturated carbocycles. The fourth-order valence-electron chi connectivity index (χ4n) is 5.14. The zero-order valence-electron chi connectivity index (χ0n) is 16.9. The van der Waals surface area contributed by atoms with Crippen molar-refractivity contribution in [3.8, 4) is 5.88 Å². The van der Waals surface area contributed by atoms with Crippen molar-refractivity contribution in [1.29, 1.82) is 0 Å². The summed E-state index contributed by atoms with van der Waals surface area (Å²) in [5.74, 6) is 1.26. The van der Waals surface area contributed by atoms with Gasteiger partial charge in [-0.2, -0.15) is 0 Å². The monoisotopic (exact) mass is 389 g/mol. The van der Waals surface area contributed by atoms with Gasteiger partial charge in [0.2, 0.25) is 5.88 Å². The van der Waals surface area contributed by atoms with Gasteiger partial charge in [0.1, 0.15) is 0 Å². The van der Waals surface area contributed by atoms with Gasteiger partial charge in [-0.15, -0.1) is 0 Å². The summed E-state index contributed by atoms with van der Waals surface area (Å²) in [6.45, 7) is 5.67. The number of carbonyl (C=O) groups excluding carboxylic acids is 1. The summed E-state index contributed by atoms with van der Waals surface area (Å²) in [5, 5.41) is 0. The highest BCUT2D eigenvalue weighted by atomic mass is 16.6. The Kier molecular flexibility index (Phi) is 6.01. The van der Waals surface area contributed by atoms with Gasteiger partial charge in [0.05, 0.1) is 39.0 Å². The first-order valence-electron chi connectivity index (χ1n) is 10.5. The minimum Gasteiger partial charge on any atom is -0.481 e. The maximum Gasteiger partial charge on any atom is 0.410 e. The molecule has 3 aliphatic heterocycles. The number of piperidine rings is 2. The Hall–Kier alpha value is -1.86. The number of likely N-dealkylation sites (tertiary alicyclic amines) is 1. The zero-order chi connectivity index (χ0) is 19.5. The Morgan fingerprint density at radius 2 is 1.93 bits per heavy atom. The second kappa shape index (κ2) is 8.66. The molecule has 1 aromatic rings. The predicted octanol–water partition coefficient (Wildman–Crippen LogP) is 2.66. The first-order valence-corrected chi connectivity index (χ1v) is 10.5. The van der Waals surface area contributed by atoms with E-state index in [0.717, 1.165) is 44.7 Å². The number of morpholine rings is 1. The van der Waals surface area contributed by atoms with Gasteiger partial charge in [-0.25, -0.2) is 9.78 Å². The fourth-order valence-corrected chi connectivity index (χ4v) is 5.14. The summed E-state index contributed by atoms with van der Waals surface area (Å²) in [6.07, 6.45) is 5.78. The Bertz CT molecular complexity index is 663. The highest BCUT2D eigenvalue weighted by molar-refractivity contribution is 5.69. The molecule has 1 amide bonds. The van der Waals surface area contributed by atoms with Gasteiger partial charge in [-0.05, 0) is 57.7 Å². The van der Waals surface area contributed by atoms with Crippen LogP contribution in [0.1, 0.15) is 44.1 Å². The number of amides is 1. The van der Waals surface area contributed by atoms with Crippen molar-refractivity contribution in [1.82, 2.24) is 14.8 Å². The average molecular weight is 389 g/mol. The molecule has 154 valence electrons. The van der Waals surface area contributed by atoms with Gasteiger partial charge in [-0.1, -0.05) is 6.07 Å². The number of hydrogen-bond donors (Lipinski definition) is 0. The van der Waals surface area contributed by atoms with Crippen LogP contribution < -0.4 is 4.74 Å². The number of rotatable bonds is 4. The van der Waals surface area contributed by atoms with Gasteiger partial charge in [0.15, 0.2) is 0 Å². The van der Waals surface area contributed by atoms with Crippen LogP contribution in [-0.2, 0) is 9.47 Å². The van der Waals surface area contributed by atoms with Crippen LogP contribution in [0.25, 0.3) is 0 Å². The molecule has 0 radical (unpaired) electrons.